The summed E-state index contributed by atoms with van der Waals surface area (Å²) in [6, 6.07) is 72.3. The highest BCUT2D eigenvalue weighted by Gasteiger charge is 2.25. The fraction of sp³-hybridized carbons (Fsp3) is 0. The molecular formula is C56H33N5. The van der Waals surface area contributed by atoms with Gasteiger partial charge in [-0.2, -0.15) is 5.26 Å². The summed E-state index contributed by atoms with van der Waals surface area (Å²) in [5.74, 6) is 0. The Labute approximate surface area is 351 Å². The van der Waals surface area contributed by atoms with E-state index in [4.69, 9.17) is 6.57 Å². The Kier molecular flexibility index (Phi) is 7.59. The average Bonchev–Trinajstić information content (AvgIpc) is 3.95. The molecule has 0 atom stereocenters. The lowest BCUT2D eigenvalue weighted by molar-refractivity contribution is 1.13. The van der Waals surface area contributed by atoms with Crippen molar-refractivity contribution in [2.45, 2.75) is 0 Å². The number of nitriles is 1. The van der Waals surface area contributed by atoms with Crippen molar-refractivity contribution in [2.24, 2.45) is 0 Å². The second-order valence-corrected chi connectivity index (χ2v) is 15.5. The van der Waals surface area contributed by atoms with Crippen LogP contribution in [0.4, 0.5) is 5.69 Å². The van der Waals surface area contributed by atoms with Crippen LogP contribution in [0.1, 0.15) is 5.56 Å². The second-order valence-electron chi connectivity index (χ2n) is 15.5. The van der Waals surface area contributed by atoms with E-state index in [-0.39, 0.29) is 0 Å². The van der Waals surface area contributed by atoms with Gasteiger partial charge >= 0.3 is 0 Å². The molecule has 0 aliphatic rings. The molecule has 12 aromatic rings. The van der Waals surface area contributed by atoms with E-state index < -0.39 is 0 Å². The molecule has 5 nitrogen and oxygen atoms in total. The van der Waals surface area contributed by atoms with Gasteiger partial charge in [-0.3, -0.25) is 0 Å². The van der Waals surface area contributed by atoms with Crippen molar-refractivity contribution in [1.82, 2.24) is 13.7 Å². The van der Waals surface area contributed by atoms with Crippen LogP contribution < -0.4 is 0 Å². The van der Waals surface area contributed by atoms with Crippen molar-refractivity contribution in [1.29, 1.82) is 5.26 Å². The molecule has 0 saturated carbocycles. The van der Waals surface area contributed by atoms with Crippen LogP contribution in [0.5, 0.6) is 0 Å². The maximum Gasteiger partial charge on any atom is 0.235 e. The van der Waals surface area contributed by atoms with Crippen molar-refractivity contribution in [3.63, 3.8) is 0 Å². The highest BCUT2D eigenvalue weighted by Crippen LogP contribution is 2.45. The minimum Gasteiger partial charge on any atom is -0.319 e. The summed E-state index contributed by atoms with van der Waals surface area (Å²) in [4.78, 5) is 4.36. The van der Waals surface area contributed by atoms with E-state index in [1.165, 1.54) is 5.39 Å². The summed E-state index contributed by atoms with van der Waals surface area (Å²) >= 11 is 0. The van der Waals surface area contributed by atoms with Gasteiger partial charge in [0.15, 0.2) is 0 Å². The van der Waals surface area contributed by atoms with E-state index in [9.17, 15) is 5.26 Å². The number of para-hydroxylation sites is 3. The number of benzene rings is 9. The first kappa shape index (κ1) is 34.4. The number of aromatic nitrogens is 3. The Morgan fingerprint density at radius 2 is 0.852 bits per heavy atom. The predicted octanol–water partition coefficient (Wildman–Crippen LogP) is 14.7. The van der Waals surface area contributed by atoms with E-state index in [0.717, 1.165) is 88.0 Å². The third-order valence-corrected chi connectivity index (χ3v) is 12.3. The molecular weight excluding hydrogens is 743 g/mol. The second kappa shape index (κ2) is 13.5. The van der Waals surface area contributed by atoms with Crippen molar-refractivity contribution in [3.8, 4) is 45.4 Å². The molecule has 9 aromatic carbocycles. The van der Waals surface area contributed by atoms with Crippen LogP contribution in [0.15, 0.2) is 200 Å². The fourth-order valence-electron chi connectivity index (χ4n) is 9.61. The zero-order valence-electron chi connectivity index (χ0n) is 32.8. The van der Waals surface area contributed by atoms with Crippen LogP contribution in [0.3, 0.4) is 0 Å². The summed E-state index contributed by atoms with van der Waals surface area (Å²) in [6.45, 7) is 8.96. The minimum absolute atomic E-state index is 0.406. The Hall–Kier alpha value is -8.64. The van der Waals surface area contributed by atoms with Crippen molar-refractivity contribution < 1.29 is 0 Å². The molecule has 0 bridgehead atoms. The van der Waals surface area contributed by atoms with Crippen LogP contribution in [-0.2, 0) is 0 Å². The van der Waals surface area contributed by atoms with Gasteiger partial charge in [-0.15, -0.1) is 0 Å². The van der Waals surface area contributed by atoms with Gasteiger partial charge in [0.05, 0.1) is 62.7 Å². The van der Waals surface area contributed by atoms with Crippen LogP contribution in [0.25, 0.3) is 110 Å². The Balaban J connectivity index is 1.18. The molecule has 0 spiro atoms. The van der Waals surface area contributed by atoms with E-state index >= 15 is 0 Å². The lowest BCUT2D eigenvalue weighted by Gasteiger charge is -2.17. The standard InChI is InChI=1S/C56H33N5/c1-58-55-52(60-49-24-14-12-22-43(49)47-33-46-42-21-11-13-23-48(42)59(53(46)34-54(47)60)41-19-9-4-10-20-41)30-27-40(35-57)56(55)61-50-28-25-38(36-15-5-2-6-16-36)31-44(50)45-32-39(26-29-51(45)61)37-17-7-3-8-18-37/h2-34H. The molecule has 0 aliphatic carbocycles. The van der Waals surface area contributed by atoms with Gasteiger partial charge in [0.2, 0.25) is 5.69 Å². The lowest BCUT2D eigenvalue weighted by atomic mass is 10.0. The highest BCUT2D eigenvalue weighted by atomic mass is 15.1. The molecule has 3 aromatic heterocycles. The molecule has 0 unspecified atom stereocenters. The van der Waals surface area contributed by atoms with Crippen molar-refractivity contribution >= 4 is 71.1 Å². The van der Waals surface area contributed by atoms with Crippen molar-refractivity contribution in [2.75, 3.05) is 0 Å². The quantitative estimate of drug-likeness (QED) is 0.161. The Morgan fingerprint density at radius 1 is 0.377 bits per heavy atom. The summed E-state index contributed by atoms with van der Waals surface area (Å²) in [5, 5.41) is 17.5. The van der Waals surface area contributed by atoms with Gasteiger partial charge in [-0.1, -0.05) is 127 Å². The Bertz CT molecular complexity index is 3720. The number of nitrogens with zero attached hydrogens (tertiary/aromatic N) is 5. The maximum absolute atomic E-state index is 10.9. The first-order chi connectivity index (χ1) is 30.2. The smallest absolute Gasteiger partial charge is 0.235 e. The molecule has 0 radical (unpaired) electrons. The molecule has 5 heteroatoms. The zero-order valence-corrected chi connectivity index (χ0v) is 32.8. The maximum atomic E-state index is 10.9. The fourth-order valence-corrected chi connectivity index (χ4v) is 9.61. The van der Waals surface area contributed by atoms with E-state index in [2.05, 4.69) is 194 Å². The number of rotatable bonds is 5. The minimum atomic E-state index is 0.406. The third-order valence-electron chi connectivity index (χ3n) is 12.3. The van der Waals surface area contributed by atoms with E-state index in [1.807, 2.05) is 30.3 Å². The monoisotopic (exact) mass is 775 g/mol. The zero-order chi connectivity index (χ0) is 40.6. The molecule has 0 N–H and O–H groups in total. The summed E-state index contributed by atoms with van der Waals surface area (Å²) in [5.41, 5.74) is 13.7. The molecule has 0 aliphatic heterocycles. The first-order valence-electron chi connectivity index (χ1n) is 20.4. The van der Waals surface area contributed by atoms with Gasteiger partial charge in [0.25, 0.3) is 0 Å². The van der Waals surface area contributed by atoms with E-state index in [1.54, 1.807) is 0 Å². The van der Waals surface area contributed by atoms with Gasteiger partial charge in [-0.25, -0.2) is 4.85 Å². The SMILES string of the molecule is [C-]#[N+]c1c(-n2c3ccccc3c3cc4c5ccccc5n(-c5ccccc5)c4cc32)ccc(C#N)c1-n1c2ccc(-c3ccccc3)cc2c2cc(-c3ccccc3)ccc21. The molecule has 3 heterocycles. The number of hydrogen-bond donors (Lipinski definition) is 0. The van der Waals surface area contributed by atoms with Gasteiger partial charge in [-0.05, 0) is 95.1 Å². The first-order valence-corrected chi connectivity index (χ1v) is 20.4. The molecule has 0 amide bonds. The lowest BCUT2D eigenvalue weighted by Crippen LogP contribution is -2.03. The third kappa shape index (κ3) is 5.12. The largest absolute Gasteiger partial charge is 0.319 e. The predicted molar refractivity (Wildman–Crippen MR) is 251 cm³/mol. The van der Waals surface area contributed by atoms with Gasteiger partial charge in [0, 0.05) is 38.0 Å². The van der Waals surface area contributed by atoms with Crippen LogP contribution >= 0.6 is 0 Å². The van der Waals surface area contributed by atoms with Gasteiger partial charge < -0.3 is 13.7 Å². The summed E-state index contributed by atoms with van der Waals surface area (Å²) in [7, 11) is 0. The topological polar surface area (TPSA) is 42.9 Å². The van der Waals surface area contributed by atoms with Crippen LogP contribution in [0, 0.1) is 17.9 Å². The number of hydrogen-bond acceptors (Lipinski definition) is 1. The van der Waals surface area contributed by atoms with Crippen LogP contribution in [0.2, 0.25) is 0 Å². The molecule has 0 fully saturated rings. The van der Waals surface area contributed by atoms with Gasteiger partial charge in [0.1, 0.15) is 0 Å². The Morgan fingerprint density at radius 3 is 1.41 bits per heavy atom. The molecule has 12 rings (SSSR count). The average molecular weight is 776 g/mol. The molecule has 61 heavy (non-hydrogen) atoms. The number of fused-ring (bicyclic) bond motifs is 9. The summed E-state index contributed by atoms with van der Waals surface area (Å²) in [6.07, 6.45) is 0. The highest BCUT2D eigenvalue weighted by molar-refractivity contribution is 6.20. The van der Waals surface area contributed by atoms with Crippen LogP contribution in [-0.4, -0.2) is 13.7 Å². The van der Waals surface area contributed by atoms with Crippen molar-refractivity contribution in [3.05, 3.63) is 217 Å². The normalized spacial score (nSPS) is 11.6. The molecule has 0 saturated heterocycles. The summed E-state index contributed by atoms with van der Waals surface area (Å²) < 4.78 is 6.70. The van der Waals surface area contributed by atoms with E-state index in [0.29, 0.717) is 22.6 Å². The molecule has 282 valence electrons.